The molecule has 1 amide bonds. The molecule has 0 spiro atoms. The molecular weight excluding hydrogens is 360 g/mol. The number of ether oxygens (including phenoxy) is 2. The highest BCUT2D eigenvalue weighted by Gasteiger charge is 2.32. The number of carbonyl (C=O) groups is 2. The first kappa shape index (κ1) is 18.7. The van der Waals surface area contributed by atoms with E-state index in [2.05, 4.69) is 15.5 Å². The molecule has 1 N–H and O–H groups in total. The third-order valence-corrected chi connectivity index (χ3v) is 4.48. The number of aromatic nitrogens is 2. The van der Waals surface area contributed by atoms with Crippen LogP contribution in [-0.4, -0.2) is 39.9 Å². The molecule has 0 aliphatic carbocycles. The molecule has 0 unspecified atom stereocenters. The van der Waals surface area contributed by atoms with Crippen molar-refractivity contribution >= 4 is 11.9 Å². The van der Waals surface area contributed by atoms with Gasteiger partial charge in [0.1, 0.15) is 18.9 Å². The maximum absolute atomic E-state index is 12.4. The molecule has 27 heavy (non-hydrogen) atoms. The lowest BCUT2D eigenvalue weighted by Crippen LogP contribution is -2.40. The zero-order valence-corrected chi connectivity index (χ0v) is 14.5. The number of esters is 1. The van der Waals surface area contributed by atoms with Crippen molar-refractivity contribution < 1.29 is 19.1 Å². The minimum absolute atomic E-state index is 0.00851. The highest BCUT2D eigenvalue weighted by atomic mass is 16.6. The fourth-order valence-electron chi connectivity index (χ4n) is 3.09. The molecule has 0 saturated carbocycles. The average Bonchev–Trinajstić information content (AvgIpc) is 3.29. The van der Waals surface area contributed by atoms with E-state index in [0.717, 1.165) is 0 Å². The second kappa shape index (κ2) is 7.64. The first-order valence-corrected chi connectivity index (χ1v) is 8.42. The number of nitrogens with one attached hydrogen (secondary N) is 1. The fourth-order valence-corrected chi connectivity index (χ4v) is 3.09. The summed E-state index contributed by atoms with van der Waals surface area (Å²) >= 11 is 0. The zero-order valence-electron chi connectivity index (χ0n) is 14.5. The van der Waals surface area contributed by atoms with Gasteiger partial charge in [-0.25, -0.2) is 14.4 Å². The average molecular weight is 378 g/mol. The Morgan fingerprint density at radius 2 is 2.19 bits per heavy atom. The lowest BCUT2D eigenvalue weighted by atomic mass is 10.2. The lowest BCUT2D eigenvalue weighted by molar-refractivity contribution is -0.151. The van der Waals surface area contributed by atoms with Gasteiger partial charge in [0.05, 0.1) is 11.7 Å². The third kappa shape index (κ3) is 3.86. The van der Waals surface area contributed by atoms with Gasteiger partial charge in [0, 0.05) is 12.6 Å². The van der Waals surface area contributed by atoms with Gasteiger partial charge in [-0.2, -0.15) is 4.91 Å². The molecule has 1 aromatic rings. The predicted molar refractivity (Wildman–Crippen MR) is 89.5 cm³/mol. The van der Waals surface area contributed by atoms with Gasteiger partial charge in [-0.15, -0.1) is 5.53 Å². The standard InChI is InChI=1S/C15H18N6O6/c1-8-6-20(15(25)21(13(8)23)19-18-16)12-5-2-9(27-12)7-26-14(24)10-3-4-11(22)17-10/h6,9-10,12H,2-5,7H2,1H3,(H,17,22)/t9-,10-,12+/m0/s1. The van der Waals surface area contributed by atoms with E-state index in [-0.39, 0.29) is 18.1 Å². The van der Waals surface area contributed by atoms with Gasteiger partial charge in [-0.3, -0.25) is 9.36 Å². The van der Waals surface area contributed by atoms with E-state index in [1.165, 1.54) is 17.7 Å². The lowest BCUT2D eigenvalue weighted by Gasteiger charge is -2.17. The van der Waals surface area contributed by atoms with Crippen LogP contribution in [0, 0.1) is 6.92 Å². The van der Waals surface area contributed by atoms with Crippen LogP contribution in [0.3, 0.4) is 0 Å². The van der Waals surface area contributed by atoms with Crippen LogP contribution in [0.4, 0.5) is 0 Å². The minimum atomic E-state index is -0.806. The third-order valence-electron chi connectivity index (χ3n) is 4.48. The van der Waals surface area contributed by atoms with Crippen LogP contribution in [0.5, 0.6) is 0 Å². The van der Waals surface area contributed by atoms with Gasteiger partial charge in [0.2, 0.25) is 5.91 Å². The number of hydrogen-bond acceptors (Lipinski definition) is 7. The summed E-state index contributed by atoms with van der Waals surface area (Å²) < 4.78 is 12.6. The zero-order chi connectivity index (χ0) is 19.6. The van der Waals surface area contributed by atoms with Crippen LogP contribution < -0.4 is 16.6 Å². The van der Waals surface area contributed by atoms with Crippen molar-refractivity contribution in [3.05, 3.63) is 43.0 Å². The Morgan fingerprint density at radius 1 is 1.41 bits per heavy atom. The number of carbonyl (C=O) groups excluding carboxylic acids is 2. The van der Waals surface area contributed by atoms with E-state index in [1.807, 2.05) is 0 Å². The molecule has 3 rings (SSSR count). The van der Waals surface area contributed by atoms with Crippen molar-refractivity contribution in [1.29, 1.82) is 0 Å². The number of azide groups is 1. The molecule has 12 nitrogen and oxygen atoms in total. The Morgan fingerprint density at radius 3 is 2.85 bits per heavy atom. The van der Waals surface area contributed by atoms with Crippen molar-refractivity contribution in [1.82, 2.24) is 14.6 Å². The maximum atomic E-state index is 12.4. The van der Waals surface area contributed by atoms with Crippen LogP contribution in [0.15, 0.2) is 21.0 Å². The molecule has 1 aromatic heterocycles. The summed E-state index contributed by atoms with van der Waals surface area (Å²) in [6.45, 7) is 1.48. The number of amides is 1. The van der Waals surface area contributed by atoms with Crippen LogP contribution in [-0.2, 0) is 19.1 Å². The Kier molecular flexibility index (Phi) is 5.28. The van der Waals surface area contributed by atoms with Gasteiger partial charge in [-0.05, 0) is 31.4 Å². The van der Waals surface area contributed by atoms with E-state index in [4.69, 9.17) is 15.0 Å². The second-order valence-electron chi connectivity index (χ2n) is 6.38. The van der Waals surface area contributed by atoms with E-state index >= 15 is 0 Å². The number of aryl methyl sites for hydroxylation is 1. The van der Waals surface area contributed by atoms with E-state index in [1.54, 1.807) is 0 Å². The topological polar surface area (TPSA) is 157 Å². The Balaban J connectivity index is 1.65. The monoisotopic (exact) mass is 378 g/mol. The van der Waals surface area contributed by atoms with E-state index < -0.39 is 35.6 Å². The number of hydrogen-bond donors (Lipinski definition) is 1. The number of rotatable bonds is 5. The summed E-state index contributed by atoms with van der Waals surface area (Å²) in [7, 11) is 0. The molecule has 2 saturated heterocycles. The summed E-state index contributed by atoms with van der Waals surface area (Å²) in [6.07, 6.45) is 1.93. The summed E-state index contributed by atoms with van der Waals surface area (Å²) in [5.41, 5.74) is 7.25. The second-order valence-corrected chi connectivity index (χ2v) is 6.38. The van der Waals surface area contributed by atoms with Crippen LogP contribution in [0.1, 0.15) is 37.5 Å². The molecule has 3 atom stereocenters. The largest absolute Gasteiger partial charge is 0.461 e. The molecule has 2 fully saturated rings. The summed E-state index contributed by atoms with van der Waals surface area (Å²) in [4.78, 5) is 49.8. The van der Waals surface area contributed by atoms with Gasteiger partial charge < -0.3 is 14.8 Å². The quantitative estimate of drug-likeness (QED) is 0.326. The number of nitrogens with zero attached hydrogens (tertiary/aromatic N) is 5. The fraction of sp³-hybridized carbons (Fsp3) is 0.600. The normalized spacial score (nSPS) is 24.3. The summed E-state index contributed by atoms with van der Waals surface area (Å²) in [6, 6.07) is -0.632. The van der Waals surface area contributed by atoms with Crippen molar-refractivity contribution in [2.75, 3.05) is 6.61 Å². The summed E-state index contributed by atoms with van der Waals surface area (Å²) in [5.74, 6) is -0.697. The van der Waals surface area contributed by atoms with E-state index in [0.29, 0.717) is 30.4 Å². The predicted octanol–water partition coefficient (Wildman–Crippen LogP) is -0.109. The first-order chi connectivity index (χ1) is 12.9. The first-order valence-electron chi connectivity index (χ1n) is 8.42. The minimum Gasteiger partial charge on any atom is -0.461 e. The van der Waals surface area contributed by atoms with Crippen molar-refractivity contribution in [2.24, 2.45) is 5.22 Å². The molecule has 0 radical (unpaired) electrons. The van der Waals surface area contributed by atoms with Crippen LogP contribution in [0.2, 0.25) is 0 Å². The van der Waals surface area contributed by atoms with Crippen LogP contribution in [0.25, 0.3) is 10.4 Å². The molecule has 144 valence electrons. The van der Waals surface area contributed by atoms with Gasteiger partial charge >= 0.3 is 17.2 Å². The molecule has 2 aliphatic rings. The molecule has 0 aromatic carbocycles. The smallest absolute Gasteiger partial charge is 0.428 e. The van der Waals surface area contributed by atoms with Crippen molar-refractivity contribution in [3.8, 4) is 0 Å². The van der Waals surface area contributed by atoms with E-state index in [9.17, 15) is 19.2 Å². The molecule has 12 heteroatoms. The highest BCUT2D eigenvalue weighted by Crippen LogP contribution is 2.27. The summed E-state index contributed by atoms with van der Waals surface area (Å²) in [5, 5.41) is 5.65. The molecule has 2 aliphatic heterocycles. The Labute approximate surface area is 152 Å². The van der Waals surface area contributed by atoms with Gasteiger partial charge in [-0.1, -0.05) is 4.68 Å². The SMILES string of the molecule is Cc1cn([C@H]2CC[C@@H](COC(=O)[C@@H]3CCC(=O)N3)O2)c(=O)n(N=[N+]=[N-])c1=O. The maximum Gasteiger partial charge on any atom is 0.428 e. The van der Waals surface area contributed by atoms with Gasteiger partial charge in [0.25, 0.3) is 0 Å². The Bertz CT molecular complexity index is 930. The molecule has 0 bridgehead atoms. The molecular formula is C15H18N6O6. The van der Waals surface area contributed by atoms with Crippen molar-refractivity contribution in [2.45, 2.75) is 51.0 Å². The molecule has 3 heterocycles. The van der Waals surface area contributed by atoms with Crippen molar-refractivity contribution in [3.63, 3.8) is 0 Å². The Hall–Kier alpha value is -3.11. The van der Waals surface area contributed by atoms with Gasteiger partial charge in [0.15, 0.2) is 0 Å². The van der Waals surface area contributed by atoms with Crippen LogP contribution >= 0.6 is 0 Å². The highest BCUT2D eigenvalue weighted by molar-refractivity contribution is 5.88.